The minimum Gasteiger partial charge on any atom is -0.396 e. The van der Waals surface area contributed by atoms with Crippen molar-refractivity contribution < 1.29 is 10.2 Å². The van der Waals surface area contributed by atoms with Gasteiger partial charge in [0.15, 0.2) is 0 Å². The van der Waals surface area contributed by atoms with Crippen LogP contribution in [0, 0.1) is 11.8 Å². The van der Waals surface area contributed by atoms with Crippen LogP contribution in [-0.4, -0.2) is 22.4 Å². The Kier molecular flexibility index (Phi) is 1.97. The first kappa shape index (κ1) is 8.27. The van der Waals surface area contributed by atoms with Gasteiger partial charge in [-0.15, -0.1) is 0 Å². The van der Waals surface area contributed by atoms with E-state index in [1.807, 2.05) is 0 Å². The molecule has 2 N–H and O–H groups in total. The predicted octanol–water partition coefficient (Wildman–Crippen LogP) is 1.09. The molecule has 0 aromatic heterocycles. The fraction of sp³-hybridized carbons (Fsp3) is 0.800. The standard InChI is InChI=1S/C10H16O2/c11-7-1-6-10(12)8-2-3-9(10)5-4-8/h2-3,8-9,11-12H,1,4-7H2/t8-,9+,10?. The van der Waals surface area contributed by atoms with E-state index in [4.69, 9.17) is 5.11 Å². The van der Waals surface area contributed by atoms with Gasteiger partial charge in [0.2, 0.25) is 0 Å². The van der Waals surface area contributed by atoms with Crippen molar-refractivity contribution in [3.8, 4) is 0 Å². The average Bonchev–Trinajstić information content (AvgIpc) is 2.57. The van der Waals surface area contributed by atoms with E-state index in [0.717, 1.165) is 25.7 Å². The Hall–Kier alpha value is -0.340. The molecule has 0 aliphatic heterocycles. The van der Waals surface area contributed by atoms with E-state index < -0.39 is 5.60 Å². The van der Waals surface area contributed by atoms with Crippen molar-refractivity contribution in [2.24, 2.45) is 11.8 Å². The van der Waals surface area contributed by atoms with Gasteiger partial charge in [-0.1, -0.05) is 12.2 Å². The maximum absolute atomic E-state index is 10.2. The lowest BCUT2D eigenvalue weighted by Gasteiger charge is -2.28. The molecule has 0 heterocycles. The van der Waals surface area contributed by atoms with Gasteiger partial charge in [-0.2, -0.15) is 0 Å². The van der Waals surface area contributed by atoms with Gasteiger partial charge in [0, 0.05) is 18.4 Å². The van der Waals surface area contributed by atoms with Gasteiger partial charge >= 0.3 is 0 Å². The van der Waals surface area contributed by atoms with Crippen molar-refractivity contribution in [3.63, 3.8) is 0 Å². The van der Waals surface area contributed by atoms with Crippen LogP contribution in [0.15, 0.2) is 12.2 Å². The molecular weight excluding hydrogens is 152 g/mol. The maximum Gasteiger partial charge on any atom is 0.0773 e. The Morgan fingerprint density at radius 1 is 1.25 bits per heavy atom. The van der Waals surface area contributed by atoms with Gasteiger partial charge in [0.05, 0.1) is 5.60 Å². The molecule has 0 aromatic carbocycles. The normalized spacial score (nSPS) is 44.2. The Bertz CT molecular complexity index is 184. The summed E-state index contributed by atoms with van der Waals surface area (Å²) in [6.45, 7) is 0.196. The highest BCUT2D eigenvalue weighted by molar-refractivity contribution is 5.19. The Morgan fingerprint density at radius 3 is 2.25 bits per heavy atom. The molecule has 2 nitrogen and oxygen atoms in total. The van der Waals surface area contributed by atoms with Crippen molar-refractivity contribution in [1.82, 2.24) is 0 Å². The minimum absolute atomic E-state index is 0.196. The lowest BCUT2D eigenvalue weighted by molar-refractivity contribution is -0.0101. The molecule has 2 aliphatic carbocycles. The third kappa shape index (κ3) is 1.02. The smallest absolute Gasteiger partial charge is 0.0773 e. The first-order chi connectivity index (χ1) is 5.77. The summed E-state index contributed by atoms with van der Waals surface area (Å²) in [6.07, 6.45) is 8.03. The van der Waals surface area contributed by atoms with Crippen LogP contribution in [-0.2, 0) is 0 Å². The molecule has 12 heavy (non-hydrogen) atoms. The second kappa shape index (κ2) is 2.86. The van der Waals surface area contributed by atoms with Gasteiger partial charge in [-0.3, -0.25) is 0 Å². The lowest BCUT2D eigenvalue weighted by atomic mass is 9.86. The van der Waals surface area contributed by atoms with Crippen molar-refractivity contribution in [2.75, 3.05) is 6.61 Å². The molecule has 0 spiro atoms. The molecule has 0 radical (unpaired) electrons. The summed E-state index contributed by atoms with van der Waals surface area (Å²) < 4.78 is 0. The molecule has 68 valence electrons. The van der Waals surface area contributed by atoms with Crippen LogP contribution in [0.5, 0.6) is 0 Å². The summed E-state index contributed by atoms with van der Waals surface area (Å²) in [5.74, 6) is 0.739. The second-order valence-electron chi connectivity index (χ2n) is 3.99. The summed E-state index contributed by atoms with van der Waals surface area (Å²) >= 11 is 0. The zero-order valence-electron chi connectivity index (χ0n) is 7.24. The van der Waals surface area contributed by atoms with Crippen LogP contribution in [0.25, 0.3) is 0 Å². The van der Waals surface area contributed by atoms with E-state index >= 15 is 0 Å². The van der Waals surface area contributed by atoms with E-state index in [0.29, 0.717) is 11.8 Å². The average molecular weight is 168 g/mol. The van der Waals surface area contributed by atoms with E-state index in [9.17, 15) is 5.11 Å². The Morgan fingerprint density at radius 2 is 1.83 bits per heavy atom. The summed E-state index contributed by atoms with van der Waals surface area (Å²) in [5, 5.41) is 19.0. The van der Waals surface area contributed by atoms with Crippen LogP contribution in [0.3, 0.4) is 0 Å². The predicted molar refractivity (Wildman–Crippen MR) is 46.6 cm³/mol. The van der Waals surface area contributed by atoms with E-state index in [1.165, 1.54) is 0 Å². The molecule has 2 heteroatoms. The Labute approximate surface area is 72.9 Å². The quantitative estimate of drug-likeness (QED) is 0.619. The van der Waals surface area contributed by atoms with E-state index in [2.05, 4.69) is 12.2 Å². The highest BCUT2D eigenvalue weighted by atomic mass is 16.3. The van der Waals surface area contributed by atoms with Crippen molar-refractivity contribution >= 4 is 0 Å². The summed E-state index contributed by atoms with van der Waals surface area (Å²) in [7, 11) is 0. The third-order valence-corrected chi connectivity index (χ3v) is 3.38. The highest BCUT2D eigenvalue weighted by Gasteiger charge is 2.49. The fourth-order valence-corrected chi connectivity index (χ4v) is 2.66. The summed E-state index contributed by atoms with van der Waals surface area (Å²) in [5.41, 5.74) is -0.497. The van der Waals surface area contributed by atoms with Gasteiger partial charge < -0.3 is 10.2 Å². The second-order valence-corrected chi connectivity index (χ2v) is 3.99. The largest absolute Gasteiger partial charge is 0.396 e. The molecule has 0 amide bonds. The first-order valence-electron chi connectivity index (χ1n) is 4.79. The molecule has 2 bridgehead atoms. The molecule has 1 saturated carbocycles. The number of hydrogen-bond acceptors (Lipinski definition) is 2. The molecule has 2 rings (SSSR count). The van der Waals surface area contributed by atoms with Crippen LogP contribution in [0.2, 0.25) is 0 Å². The highest BCUT2D eigenvalue weighted by Crippen LogP contribution is 2.49. The number of rotatable bonds is 3. The van der Waals surface area contributed by atoms with E-state index in [-0.39, 0.29) is 6.61 Å². The molecule has 0 saturated heterocycles. The van der Waals surface area contributed by atoms with Crippen molar-refractivity contribution in [3.05, 3.63) is 12.2 Å². The van der Waals surface area contributed by atoms with E-state index in [1.54, 1.807) is 0 Å². The molecule has 1 fully saturated rings. The molecule has 2 aliphatic rings. The number of aliphatic hydroxyl groups excluding tert-OH is 1. The molecular formula is C10H16O2. The van der Waals surface area contributed by atoms with Crippen molar-refractivity contribution in [1.29, 1.82) is 0 Å². The number of hydrogen-bond donors (Lipinski definition) is 2. The van der Waals surface area contributed by atoms with Gasteiger partial charge in [-0.05, 0) is 25.7 Å². The van der Waals surface area contributed by atoms with Crippen molar-refractivity contribution in [2.45, 2.75) is 31.3 Å². The van der Waals surface area contributed by atoms with Gasteiger partial charge in [0.1, 0.15) is 0 Å². The fourth-order valence-electron chi connectivity index (χ4n) is 2.66. The lowest BCUT2D eigenvalue weighted by Crippen LogP contribution is -2.34. The molecule has 0 aromatic rings. The van der Waals surface area contributed by atoms with Gasteiger partial charge in [0.25, 0.3) is 0 Å². The maximum atomic E-state index is 10.2. The van der Waals surface area contributed by atoms with Crippen LogP contribution < -0.4 is 0 Å². The minimum atomic E-state index is -0.497. The number of fused-ring (bicyclic) bond motifs is 2. The molecule has 3 atom stereocenters. The van der Waals surface area contributed by atoms with Gasteiger partial charge in [-0.25, -0.2) is 0 Å². The monoisotopic (exact) mass is 168 g/mol. The Balaban J connectivity index is 2.03. The third-order valence-electron chi connectivity index (χ3n) is 3.38. The van der Waals surface area contributed by atoms with Crippen LogP contribution in [0.4, 0.5) is 0 Å². The van der Waals surface area contributed by atoms with Crippen LogP contribution in [0.1, 0.15) is 25.7 Å². The van der Waals surface area contributed by atoms with Crippen LogP contribution >= 0.6 is 0 Å². The SMILES string of the molecule is OCCCC1(O)[C@@H]2C=C[C@H]1CC2. The summed E-state index contributed by atoms with van der Waals surface area (Å²) in [6, 6.07) is 0. The first-order valence-corrected chi connectivity index (χ1v) is 4.79. The zero-order chi connectivity index (χ0) is 8.60. The topological polar surface area (TPSA) is 40.5 Å². The summed E-state index contributed by atoms with van der Waals surface area (Å²) in [4.78, 5) is 0. The number of aliphatic hydroxyl groups is 2. The zero-order valence-corrected chi connectivity index (χ0v) is 7.24. The molecule has 1 unspecified atom stereocenters.